The van der Waals surface area contributed by atoms with E-state index in [0.29, 0.717) is 0 Å². The summed E-state index contributed by atoms with van der Waals surface area (Å²) in [4.78, 5) is 13.3. The first-order valence-electron chi connectivity index (χ1n) is 6.80. The molecule has 1 atom stereocenters. The second-order valence-corrected chi connectivity index (χ2v) is 5.21. The Hall–Kier alpha value is -1.42. The van der Waals surface area contributed by atoms with Gasteiger partial charge < -0.3 is 5.11 Å². The van der Waals surface area contributed by atoms with Crippen molar-refractivity contribution < 1.29 is 14.3 Å². The maximum Gasteiger partial charge on any atom is 0.305 e. The number of piperidine rings is 1. The molecule has 1 aromatic rings. The molecule has 3 nitrogen and oxygen atoms in total. The summed E-state index contributed by atoms with van der Waals surface area (Å²) >= 11 is 0. The lowest BCUT2D eigenvalue weighted by Gasteiger charge is -2.34. The molecule has 1 unspecified atom stereocenters. The monoisotopic (exact) mass is 265 g/mol. The van der Waals surface area contributed by atoms with E-state index in [1.165, 1.54) is 18.6 Å². The topological polar surface area (TPSA) is 40.5 Å². The van der Waals surface area contributed by atoms with E-state index in [9.17, 15) is 9.18 Å². The van der Waals surface area contributed by atoms with E-state index in [1.807, 2.05) is 6.92 Å². The number of halogens is 1. The first-order chi connectivity index (χ1) is 9.08. The molecule has 1 aliphatic heterocycles. The van der Waals surface area contributed by atoms with Gasteiger partial charge in [0.2, 0.25) is 0 Å². The number of hydrogen-bond donors (Lipinski definition) is 1. The lowest BCUT2D eigenvalue weighted by atomic mass is 9.95. The van der Waals surface area contributed by atoms with Crippen molar-refractivity contribution >= 4 is 5.97 Å². The molecule has 1 heterocycles. The lowest BCUT2D eigenvalue weighted by molar-refractivity contribution is -0.138. The number of likely N-dealkylation sites (tertiary alicyclic amines) is 1. The van der Waals surface area contributed by atoms with Crippen molar-refractivity contribution in [3.05, 3.63) is 35.1 Å². The molecular weight excluding hydrogens is 245 g/mol. The molecular formula is C15H20FNO2. The zero-order chi connectivity index (χ0) is 13.8. The number of carboxylic acid groups (broad SMARTS) is 1. The van der Waals surface area contributed by atoms with Gasteiger partial charge in [-0.1, -0.05) is 12.5 Å². The van der Waals surface area contributed by atoms with Gasteiger partial charge in [-0.2, -0.15) is 0 Å². The van der Waals surface area contributed by atoms with Crippen molar-refractivity contribution in [2.45, 2.75) is 38.6 Å². The highest BCUT2D eigenvalue weighted by Gasteiger charge is 2.26. The average Bonchev–Trinajstić information content (AvgIpc) is 2.40. The molecule has 0 amide bonds. The van der Waals surface area contributed by atoms with Crippen LogP contribution in [0.2, 0.25) is 0 Å². The molecule has 1 N–H and O–H groups in total. The quantitative estimate of drug-likeness (QED) is 0.909. The number of benzene rings is 1. The molecule has 0 aliphatic carbocycles. The van der Waals surface area contributed by atoms with Crippen LogP contribution in [0.15, 0.2) is 18.2 Å². The largest absolute Gasteiger partial charge is 0.481 e. The first-order valence-corrected chi connectivity index (χ1v) is 6.80. The van der Waals surface area contributed by atoms with Crippen LogP contribution in [-0.2, 0) is 4.79 Å². The molecule has 104 valence electrons. The van der Waals surface area contributed by atoms with E-state index in [2.05, 4.69) is 4.90 Å². The Kier molecular flexibility index (Phi) is 4.53. The molecule has 0 bridgehead atoms. The maximum atomic E-state index is 13.4. The number of nitrogens with zero attached hydrogens (tertiary/aromatic N) is 1. The molecule has 1 saturated heterocycles. The van der Waals surface area contributed by atoms with Gasteiger partial charge in [0.1, 0.15) is 5.82 Å². The molecule has 1 aromatic carbocycles. The Morgan fingerprint density at radius 3 is 2.68 bits per heavy atom. The third kappa shape index (κ3) is 3.53. The summed E-state index contributed by atoms with van der Waals surface area (Å²) in [7, 11) is 0. The van der Waals surface area contributed by atoms with Crippen molar-refractivity contribution in [2.24, 2.45) is 0 Å². The zero-order valence-electron chi connectivity index (χ0n) is 11.2. The Balaban J connectivity index is 2.29. The van der Waals surface area contributed by atoms with Crippen molar-refractivity contribution in [2.75, 3.05) is 13.1 Å². The maximum absolute atomic E-state index is 13.4. The van der Waals surface area contributed by atoms with E-state index in [-0.39, 0.29) is 18.3 Å². The summed E-state index contributed by atoms with van der Waals surface area (Å²) in [5.41, 5.74) is 1.77. The van der Waals surface area contributed by atoms with Crippen LogP contribution in [0.5, 0.6) is 0 Å². The third-order valence-electron chi connectivity index (χ3n) is 3.80. The average molecular weight is 265 g/mol. The van der Waals surface area contributed by atoms with Crippen molar-refractivity contribution in [1.29, 1.82) is 0 Å². The minimum absolute atomic E-state index is 0.0320. The van der Waals surface area contributed by atoms with Gasteiger partial charge in [-0.05, 0) is 56.1 Å². The lowest BCUT2D eigenvalue weighted by Crippen LogP contribution is -2.35. The number of aliphatic carboxylic acids is 1. The Labute approximate surface area is 113 Å². The molecule has 0 aromatic heterocycles. The first kappa shape index (κ1) is 14.0. The van der Waals surface area contributed by atoms with Gasteiger partial charge in [0.15, 0.2) is 0 Å². The van der Waals surface area contributed by atoms with Crippen LogP contribution in [0.3, 0.4) is 0 Å². The second-order valence-electron chi connectivity index (χ2n) is 5.21. The van der Waals surface area contributed by atoms with Gasteiger partial charge in [-0.15, -0.1) is 0 Å². The summed E-state index contributed by atoms with van der Waals surface area (Å²) < 4.78 is 13.4. The van der Waals surface area contributed by atoms with Gasteiger partial charge in [0, 0.05) is 6.04 Å². The number of hydrogen-bond acceptors (Lipinski definition) is 2. The second kappa shape index (κ2) is 6.15. The van der Waals surface area contributed by atoms with Gasteiger partial charge in [0.25, 0.3) is 0 Å². The molecule has 2 rings (SSSR count). The molecule has 0 saturated carbocycles. The van der Waals surface area contributed by atoms with Crippen molar-refractivity contribution in [3.63, 3.8) is 0 Å². The fourth-order valence-corrected chi connectivity index (χ4v) is 2.80. The van der Waals surface area contributed by atoms with E-state index >= 15 is 0 Å². The van der Waals surface area contributed by atoms with Crippen LogP contribution in [0.1, 0.15) is 42.9 Å². The molecule has 19 heavy (non-hydrogen) atoms. The Morgan fingerprint density at radius 1 is 1.37 bits per heavy atom. The zero-order valence-corrected chi connectivity index (χ0v) is 11.2. The predicted octanol–water partition coefficient (Wildman–Crippen LogP) is 3.14. The van der Waals surface area contributed by atoms with Gasteiger partial charge in [-0.3, -0.25) is 9.69 Å². The number of rotatable bonds is 4. The molecule has 0 spiro atoms. The van der Waals surface area contributed by atoms with Crippen LogP contribution in [-0.4, -0.2) is 29.1 Å². The van der Waals surface area contributed by atoms with Crippen LogP contribution in [0.25, 0.3) is 0 Å². The van der Waals surface area contributed by atoms with E-state index in [1.54, 1.807) is 6.07 Å². The normalized spacial score (nSPS) is 18.2. The summed E-state index contributed by atoms with van der Waals surface area (Å²) in [6, 6.07) is 4.42. The highest BCUT2D eigenvalue weighted by molar-refractivity contribution is 5.68. The fourth-order valence-electron chi connectivity index (χ4n) is 2.80. The highest BCUT2D eigenvalue weighted by atomic mass is 19.1. The third-order valence-corrected chi connectivity index (χ3v) is 3.80. The summed E-state index contributed by atoms with van der Waals surface area (Å²) in [5, 5.41) is 9.12. The molecule has 0 radical (unpaired) electrons. The van der Waals surface area contributed by atoms with E-state index in [4.69, 9.17) is 5.11 Å². The number of carboxylic acids is 1. The summed E-state index contributed by atoms with van der Waals surface area (Å²) in [6.07, 6.45) is 3.40. The summed E-state index contributed by atoms with van der Waals surface area (Å²) in [6.45, 7) is 3.70. The van der Waals surface area contributed by atoms with Crippen LogP contribution >= 0.6 is 0 Å². The minimum Gasteiger partial charge on any atom is -0.481 e. The molecule has 1 aliphatic rings. The van der Waals surface area contributed by atoms with Crippen molar-refractivity contribution in [3.8, 4) is 0 Å². The fraction of sp³-hybridized carbons (Fsp3) is 0.533. The predicted molar refractivity (Wildman–Crippen MR) is 71.6 cm³/mol. The van der Waals surface area contributed by atoms with E-state index in [0.717, 1.165) is 37.1 Å². The van der Waals surface area contributed by atoms with Crippen molar-refractivity contribution in [1.82, 2.24) is 4.90 Å². The highest BCUT2D eigenvalue weighted by Crippen LogP contribution is 2.30. The van der Waals surface area contributed by atoms with Gasteiger partial charge in [-0.25, -0.2) is 4.39 Å². The van der Waals surface area contributed by atoms with Crippen LogP contribution in [0, 0.1) is 12.7 Å². The van der Waals surface area contributed by atoms with Gasteiger partial charge in [0.05, 0.1) is 6.42 Å². The van der Waals surface area contributed by atoms with Crippen LogP contribution in [0.4, 0.5) is 4.39 Å². The SMILES string of the molecule is Cc1ccc(F)cc1C(CC(=O)O)N1CCCCC1. The molecule has 1 fully saturated rings. The van der Waals surface area contributed by atoms with Gasteiger partial charge >= 0.3 is 5.97 Å². The van der Waals surface area contributed by atoms with E-state index < -0.39 is 5.97 Å². The Morgan fingerprint density at radius 2 is 2.05 bits per heavy atom. The summed E-state index contributed by atoms with van der Waals surface area (Å²) in [5.74, 6) is -1.13. The van der Waals surface area contributed by atoms with Crippen LogP contribution < -0.4 is 0 Å². The molecule has 4 heteroatoms. The smallest absolute Gasteiger partial charge is 0.305 e. The Bertz CT molecular complexity index is 455. The number of aryl methyl sites for hydroxylation is 1. The standard InChI is InChI=1S/C15H20FNO2/c1-11-5-6-12(16)9-13(11)14(10-15(18)19)17-7-3-2-4-8-17/h5-6,9,14H,2-4,7-8,10H2,1H3,(H,18,19). The number of carbonyl (C=O) groups is 1. The minimum atomic E-state index is -0.834.